The zero-order valence-corrected chi connectivity index (χ0v) is 20.1. The molecule has 0 atom stereocenters. The smallest absolute Gasteiger partial charge is 0.340 e. The van der Waals surface area contributed by atoms with Crippen molar-refractivity contribution in [3.8, 4) is 17.2 Å². The van der Waals surface area contributed by atoms with E-state index in [0.29, 0.717) is 16.7 Å². The Morgan fingerprint density at radius 3 is 2.25 bits per heavy atom. The van der Waals surface area contributed by atoms with E-state index >= 15 is 0 Å². The van der Waals surface area contributed by atoms with Crippen molar-refractivity contribution in [3.63, 3.8) is 0 Å². The van der Waals surface area contributed by atoms with Crippen LogP contribution < -0.4 is 5.06 Å². The summed E-state index contributed by atoms with van der Waals surface area (Å²) in [7, 11) is 1.15. The Balaban J connectivity index is 2.21. The lowest BCUT2D eigenvalue weighted by Gasteiger charge is -2.32. The molecule has 0 saturated carbocycles. The lowest BCUT2D eigenvalue weighted by Crippen LogP contribution is -2.34. The maximum absolute atomic E-state index is 12.5. The van der Waals surface area contributed by atoms with Crippen molar-refractivity contribution in [2.75, 3.05) is 12.2 Å². The number of hydroxylamine groups is 1. The number of benzene rings is 3. The van der Waals surface area contributed by atoms with E-state index in [1.807, 2.05) is 12.0 Å². The molecule has 0 aromatic heterocycles. The summed E-state index contributed by atoms with van der Waals surface area (Å²) in [6, 6.07) is 19.7. The normalized spacial score (nSPS) is 10.6. The molecule has 9 heteroatoms. The Kier molecular flexibility index (Phi) is 7.65. The van der Waals surface area contributed by atoms with Crippen LogP contribution in [-0.2, 0) is 14.4 Å². The maximum Gasteiger partial charge on any atom is 0.340 e. The van der Waals surface area contributed by atoms with Gasteiger partial charge in [-0.25, -0.2) is 14.7 Å². The average Bonchev–Trinajstić information content (AvgIpc) is 2.87. The third-order valence-corrected chi connectivity index (χ3v) is 5.00. The van der Waals surface area contributed by atoms with E-state index in [9.17, 15) is 25.0 Å². The number of nitriles is 1. The van der Waals surface area contributed by atoms with Crippen LogP contribution in [-0.4, -0.2) is 29.5 Å². The van der Waals surface area contributed by atoms with Crippen LogP contribution in [0.15, 0.2) is 66.7 Å². The standard InChI is InChI=1S/C27H23N3O6/c1-27(2,3)36-29(25-22(26(32)35-4)10-7-11-23(25)30(33)34)24(17-31)19-14-12-18(13-15-19)21-9-6-5-8-20(21)16-28/h5-15H,1-4H3. The predicted molar refractivity (Wildman–Crippen MR) is 133 cm³/mol. The molecule has 9 nitrogen and oxygen atoms in total. The predicted octanol–water partition coefficient (Wildman–Crippen LogP) is 5.33. The Bertz CT molecular complexity index is 1390. The number of methoxy groups -OCH3 is 1. The fraction of sp³-hybridized carbons (Fsp3) is 0.185. The highest BCUT2D eigenvalue weighted by Gasteiger charge is 2.33. The minimum absolute atomic E-state index is 0.164. The number of nitrogens with zero attached hydrogens (tertiary/aromatic N) is 3. The SMILES string of the molecule is COC(=O)c1cccc([N+](=O)[O-])c1N(OC(C)(C)C)C(=C=O)c1ccc(-c2ccccc2C#N)cc1. The fourth-order valence-corrected chi connectivity index (χ4v) is 3.50. The number of hydrogen-bond acceptors (Lipinski definition) is 8. The van der Waals surface area contributed by atoms with E-state index in [0.717, 1.165) is 17.7 Å². The molecule has 36 heavy (non-hydrogen) atoms. The van der Waals surface area contributed by atoms with Gasteiger partial charge in [0.1, 0.15) is 0 Å². The van der Waals surface area contributed by atoms with Crippen LogP contribution in [0.25, 0.3) is 16.8 Å². The topological polar surface area (TPSA) is 123 Å². The number of rotatable bonds is 7. The van der Waals surface area contributed by atoms with Gasteiger partial charge < -0.3 is 4.74 Å². The molecule has 3 aromatic carbocycles. The molecule has 0 saturated heterocycles. The summed E-state index contributed by atoms with van der Waals surface area (Å²) in [5.41, 5.74) is 0.232. The van der Waals surface area contributed by atoms with Crippen molar-refractivity contribution >= 4 is 29.0 Å². The highest BCUT2D eigenvalue weighted by atomic mass is 16.7. The quantitative estimate of drug-likeness (QED) is 0.190. The van der Waals surface area contributed by atoms with Gasteiger partial charge in [-0.2, -0.15) is 5.26 Å². The van der Waals surface area contributed by atoms with Gasteiger partial charge in [-0.1, -0.05) is 48.5 Å². The second-order valence-electron chi connectivity index (χ2n) is 8.61. The highest BCUT2D eigenvalue weighted by molar-refractivity contribution is 6.03. The van der Waals surface area contributed by atoms with Crippen LogP contribution in [0.3, 0.4) is 0 Å². The van der Waals surface area contributed by atoms with Gasteiger partial charge in [-0.15, -0.1) is 0 Å². The van der Waals surface area contributed by atoms with Crippen LogP contribution in [0.4, 0.5) is 11.4 Å². The number of carbonyl (C=O) groups is 1. The monoisotopic (exact) mass is 485 g/mol. The van der Waals surface area contributed by atoms with Crippen molar-refractivity contribution in [2.24, 2.45) is 0 Å². The number of nitro benzene ring substituents is 1. The van der Waals surface area contributed by atoms with E-state index < -0.39 is 22.2 Å². The molecule has 0 fully saturated rings. The number of anilines is 1. The first-order valence-electron chi connectivity index (χ1n) is 10.8. The van der Waals surface area contributed by atoms with Crippen LogP contribution >= 0.6 is 0 Å². The van der Waals surface area contributed by atoms with Crippen LogP contribution in [0, 0.1) is 21.4 Å². The van der Waals surface area contributed by atoms with E-state index in [2.05, 4.69) is 6.07 Å². The second-order valence-corrected chi connectivity index (χ2v) is 8.61. The number of esters is 1. The Morgan fingerprint density at radius 2 is 1.69 bits per heavy atom. The first-order valence-corrected chi connectivity index (χ1v) is 10.8. The second kappa shape index (κ2) is 10.7. The summed E-state index contributed by atoms with van der Waals surface area (Å²) in [6.45, 7) is 5.07. The zero-order valence-electron chi connectivity index (χ0n) is 20.1. The van der Waals surface area contributed by atoms with E-state index in [1.54, 1.807) is 63.2 Å². The summed E-state index contributed by atoms with van der Waals surface area (Å²) in [4.78, 5) is 42.0. The Labute approximate surface area is 207 Å². The molecule has 0 radical (unpaired) electrons. The van der Waals surface area contributed by atoms with Crippen molar-refractivity contribution < 1.29 is 24.1 Å². The van der Waals surface area contributed by atoms with Gasteiger partial charge in [-0.05, 0) is 44.0 Å². The van der Waals surface area contributed by atoms with Crippen LogP contribution in [0.5, 0.6) is 0 Å². The molecule has 0 aliphatic carbocycles. The first-order chi connectivity index (χ1) is 17.1. The highest BCUT2D eigenvalue weighted by Crippen LogP contribution is 2.39. The molecular weight excluding hydrogens is 462 g/mol. The largest absolute Gasteiger partial charge is 0.465 e. The van der Waals surface area contributed by atoms with E-state index in [-0.39, 0.29) is 16.9 Å². The molecule has 0 aliphatic heterocycles. The molecule has 0 spiro atoms. The number of nitro groups is 1. The van der Waals surface area contributed by atoms with Crippen molar-refractivity contribution in [1.82, 2.24) is 0 Å². The minimum atomic E-state index is -0.926. The third kappa shape index (κ3) is 5.47. The zero-order chi connectivity index (χ0) is 26.5. The van der Waals surface area contributed by atoms with Crippen LogP contribution in [0.2, 0.25) is 0 Å². The van der Waals surface area contributed by atoms with E-state index in [1.165, 1.54) is 18.2 Å². The van der Waals surface area contributed by atoms with Gasteiger partial charge in [0, 0.05) is 11.6 Å². The van der Waals surface area contributed by atoms with Gasteiger partial charge in [0.05, 0.1) is 34.8 Å². The number of hydrogen-bond donors (Lipinski definition) is 0. The maximum atomic E-state index is 12.5. The Hall–Kier alpha value is -4.77. The molecule has 0 unspecified atom stereocenters. The fourth-order valence-electron chi connectivity index (χ4n) is 3.50. The van der Waals surface area contributed by atoms with Gasteiger partial charge in [0.2, 0.25) is 0 Å². The van der Waals surface area contributed by atoms with Gasteiger partial charge in [-0.3, -0.25) is 15.0 Å². The summed E-state index contributed by atoms with van der Waals surface area (Å²) in [6.07, 6.45) is 0. The molecule has 0 amide bonds. The average molecular weight is 485 g/mol. The molecular formula is C27H23N3O6. The lowest BCUT2D eigenvalue weighted by atomic mass is 9.98. The molecule has 3 aromatic rings. The molecule has 182 valence electrons. The first kappa shape index (κ1) is 25.8. The number of carbonyl (C=O) groups excluding carboxylic acids is 2. The van der Waals surface area contributed by atoms with Crippen molar-refractivity contribution in [2.45, 2.75) is 26.4 Å². The summed E-state index contributed by atoms with van der Waals surface area (Å²) < 4.78 is 4.82. The molecule has 3 rings (SSSR count). The van der Waals surface area contributed by atoms with Crippen LogP contribution in [0.1, 0.15) is 42.3 Å². The summed E-state index contributed by atoms with van der Waals surface area (Å²) in [5, 5.41) is 22.3. The molecule has 0 N–H and O–H groups in total. The van der Waals surface area contributed by atoms with Gasteiger partial charge >= 0.3 is 5.97 Å². The molecule has 0 heterocycles. The van der Waals surface area contributed by atoms with Crippen molar-refractivity contribution in [3.05, 3.63) is 93.5 Å². The van der Waals surface area contributed by atoms with Gasteiger partial charge in [0.15, 0.2) is 17.3 Å². The van der Waals surface area contributed by atoms with Crippen molar-refractivity contribution in [1.29, 1.82) is 5.26 Å². The Morgan fingerprint density at radius 1 is 1.03 bits per heavy atom. The van der Waals surface area contributed by atoms with Gasteiger partial charge in [0.25, 0.3) is 5.69 Å². The summed E-state index contributed by atoms with van der Waals surface area (Å²) in [5.74, 6) is 0.969. The minimum Gasteiger partial charge on any atom is -0.465 e. The lowest BCUT2D eigenvalue weighted by molar-refractivity contribution is -0.384. The molecule has 0 bridgehead atoms. The number of ether oxygens (including phenoxy) is 1. The number of para-hydroxylation sites is 1. The van der Waals surface area contributed by atoms with E-state index in [4.69, 9.17) is 9.57 Å². The molecule has 0 aliphatic rings. The summed E-state index contributed by atoms with van der Waals surface area (Å²) >= 11 is 0. The third-order valence-electron chi connectivity index (χ3n) is 5.00.